The van der Waals surface area contributed by atoms with Gasteiger partial charge in [-0.15, -0.1) is 0 Å². The Kier molecular flexibility index (Phi) is 34.5. The van der Waals surface area contributed by atoms with Crippen LogP contribution in [0.3, 0.4) is 0 Å². The largest absolute Gasteiger partial charge is 0.206 e. The van der Waals surface area contributed by atoms with Crippen molar-refractivity contribution in [3.05, 3.63) is 477 Å². The SMILES string of the molecule is CC.CC.CCCc1ccc(CCc2ccc(-c3ccc(-c4ccc(C)cc4)cc3F)cc2)cc1.CCc1ccc(CCc2ccc(-c3ccc(-c4ccc(C)cc4)cc3F)cc2)cc1.CCc1ccc(CCc2ccc(-c3ccc(-c4ccccc4)cc3F)cc2)cc1.Cc1ccc(CCc2ccc(-c3ccc(-c4ccccc4)cc3F)cc2)cc1. The molecule has 4 heteroatoms. The van der Waals surface area contributed by atoms with Crippen LogP contribution >= 0.6 is 0 Å². The molecule has 0 atom stereocenters. The highest BCUT2D eigenvalue weighted by molar-refractivity contribution is 5.76. The second-order valence-electron chi connectivity index (χ2n) is 30.9. The minimum atomic E-state index is -0.186. The van der Waals surface area contributed by atoms with Crippen LogP contribution < -0.4 is 0 Å². The standard InChI is InChI=1S/C30H29F.C29H27F.C28H25F.C27H23F.2C2H6/c1-3-4-23-7-9-24(10-8-23)11-12-25-13-17-27(18-14-25)29-20-19-28(21-30(29)31)26-15-5-22(2)6-16-26;1-3-22-6-8-23(9-7-22)10-11-24-12-16-26(17-13-24)28-19-18-27(20-29(28)30)25-14-4-21(2)5-15-25;1-2-21-8-10-22(11-9-21)12-13-23-14-16-25(17-15-23)27-19-18-26(20-28(27)29)24-6-4-3-5-7-24;1-20-7-9-21(10-8-20)11-12-22-13-15-24(16-14-22)26-18-17-25(19-27(26)28)23-5-3-2-4-6-23;2*1-2/h5-10,13-21H,3-4,11-12H2,1-2H3;4-9,12-20H,3,10-11H2,1-2H3;3-11,14-20H,2,12-13H2,1H3;2-10,13-19H,11-12H2,1H3;2*1-2H3. The van der Waals surface area contributed by atoms with E-state index in [-0.39, 0.29) is 23.3 Å². The summed E-state index contributed by atoms with van der Waals surface area (Å²) in [6.07, 6.45) is 12.5. The van der Waals surface area contributed by atoms with Gasteiger partial charge in [0.2, 0.25) is 0 Å². The molecule has 0 radical (unpaired) electrons. The van der Waals surface area contributed by atoms with Crippen LogP contribution in [0.1, 0.15) is 133 Å². The average Bonchev–Trinajstić information content (AvgIpc) is 0.829. The molecular weight excluding hydrogens is 1490 g/mol. The molecule has 0 spiro atoms. The predicted molar refractivity (Wildman–Crippen MR) is 514 cm³/mol. The molecule has 122 heavy (non-hydrogen) atoms. The Hall–Kier alpha value is -12.8. The van der Waals surface area contributed by atoms with Crippen LogP contribution in [-0.2, 0) is 70.6 Å². The van der Waals surface area contributed by atoms with Crippen molar-refractivity contribution < 1.29 is 17.6 Å². The summed E-state index contributed by atoms with van der Waals surface area (Å²) in [4.78, 5) is 0. The van der Waals surface area contributed by atoms with Crippen LogP contribution in [0.2, 0.25) is 0 Å². The van der Waals surface area contributed by atoms with Gasteiger partial charge in [0.15, 0.2) is 0 Å². The first-order valence-corrected chi connectivity index (χ1v) is 43.8. The van der Waals surface area contributed by atoms with E-state index in [0.29, 0.717) is 22.3 Å². The Morgan fingerprint density at radius 1 is 0.164 bits per heavy atom. The number of halogens is 4. The van der Waals surface area contributed by atoms with Crippen molar-refractivity contribution in [3.63, 3.8) is 0 Å². The smallest absolute Gasteiger partial charge is 0.131 e. The van der Waals surface area contributed by atoms with Crippen molar-refractivity contribution >= 4 is 0 Å². The molecule has 0 bridgehead atoms. The highest BCUT2D eigenvalue weighted by atomic mass is 19.1. The molecule has 0 nitrogen and oxygen atoms in total. The Labute approximate surface area is 725 Å². The van der Waals surface area contributed by atoms with E-state index in [1.54, 1.807) is 24.3 Å². The first-order chi connectivity index (χ1) is 59.6. The number of benzene rings is 16. The topological polar surface area (TPSA) is 0 Å². The maximum Gasteiger partial charge on any atom is 0.131 e. The Morgan fingerprint density at radius 3 is 0.533 bits per heavy atom. The maximum atomic E-state index is 14.9. The molecule has 0 aliphatic carbocycles. The quantitative estimate of drug-likeness (QED) is 0.0529. The van der Waals surface area contributed by atoms with Crippen LogP contribution in [0.5, 0.6) is 0 Å². The molecule has 0 fully saturated rings. The lowest BCUT2D eigenvalue weighted by molar-refractivity contribution is 0.631. The van der Waals surface area contributed by atoms with Crippen molar-refractivity contribution in [2.24, 2.45) is 0 Å². The van der Waals surface area contributed by atoms with Gasteiger partial charge in [-0.05, 0) is 244 Å². The lowest BCUT2D eigenvalue weighted by Crippen LogP contribution is -1.93. The first-order valence-electron chi connectivity index (χ1n) is 43.8. The second kappa shape index (κ2) is 46.7. The number of aryl methyl sites for hydroxylation is 14. The van der Waals surface area contributed by atoms with E-state index in [2.05, 4.69) is 211 Å². The van der Waals surface area contributed by atoms with Crippen LogP contribution in [0, 0.1) is 44.0 Å². The van der Waals surface area contributed by atoms with Gasteiger partial charge in [0.25, 0.3) is 0 Å². The van der Waals surface area contributed by atoms with E-state index >= 15 is 0 Å². The fourth-order valence-corrected chi connectivity index (χ4v) is 14.8. The molecule has 0 aliphatic heterocycles. The van der Waals surface area contributed by atoms with Crippen LogP contribution in [0.25, 0.3) is 89.0 Å². The third-order valence-corrected chi connectivity index (χ3v) is 22.3. The number of hydrogen-bond acceptors (Lipinski definition) is 0. The van der Waals surface area contributed by atoms with Crippen molar-refractivity contribution in [1.29, 1.82) is 0 Å². The van der Waals surface area contributed by atoms with Crippen LogP contribution in [0.15, 0.2) is 376 Å². The first kappa shape index (κ1) is 90.0. The predicted octanol–water partition coefficient (Wildman–Crippen LogP) is 32.8. The van der Waals surface area contributed by atoms with Gasteiger partial charge in [0, 0.05) is 22.3 Å². The van der Waals surface area contributed by atoms with E-state index < -0.39 is 0 Å². The van der Waals surface area contributed by atoms with Crippen LogP contribution in [0.4, 0.5) is 17.6 Å². The van der Waals surface area contributed by atoms with E-state index in [1.165, 1.54) is 84.3 Å². The molecule has 0 heterocycles. The minimum absolute atomic E-state index is 0.182. The summed E-state index contributed by atoms with van der Waals surface area (Å²) >= 11 is 0. The fourth-order valence-electron chi connectivity index (χ4n) is 14.8. The molecule has 16 rings (SSSR count). The Balaban J connectivity index is 0.000000157. The van der Waals surface area contributed by atoms with E-state index in [4.69, 9.17) is 0 Å². The molecule has 0 aromatic heterocycles. The van der Waals surface area contributed by atoms with Gasteiger partial charge in [-0.3, -0.25) is 0 Å². The Morgan fingerprint density at radius 2 is 0.328 bits per heavy atom. The zero-order chi connectivity index (χ0) is 86.0. The molecule has 0 saturated carbocycles. The van der Waals surface area contributed by atoms with Gasteiger partial charge in [-0.1, -0.05) is 423 Å². The zero-order valence-electron chi connectivity index (χ0n) is 72.8. The van der Waals surface area contributed by atoms with Gasteiger partial charge in [0.05, 0.1) is 0 Å². The van der Waals surface area contributed by atoms with E-state index in [1.807, 2.05) is 210 Å². The summed E-state index contributed by atoms with van der Waals surface area (Å²) < 4.78 is 59.2. The normalized spacial score (nSPS) is 10.6. The summed E-state index contributed by atoms with van der Waals surface area (Å²) in [6, 6.07) is 127. The van der Waals surface area contributed by atoms with E-state index in [0.717, 1.165) is 137 Å². The molecule has 0 N–H and O–H groups in total. The molecule has 0 saturated heterocycles. The van der Waals surface area contributed by atoms with Gasteiger partial charge in [0.1, 0.15) is 23.3 Å². The van der Waals surface area contributed by atoms with Gasteiger partial charge < -0.3 is 0 Å². The summed E-state index contributed by atoms with van der Waals surface area (Å²) in [5.74, 6) is -0.737. The van der Waals surface area contributed by atoms with Gasteiger partial charge in [-0.25, -0.2) is 17.6 Å². The van der Waals surface area contributed by atoms with Crippen molar-refractivity contribution in [2.75, 3.05) is 0 Å². The second-order valence-corrected chi connectivity index (χ2v) is 30.9. The van der Waals surface area contributed by atoms with Gasteiger partial charge in [-0.2, -0.15) is 0 Å². The lowest BCUT2D eigenvalue weighted by atomic mass is 9.97. The lowest BCUT2D eigenvalue weighted by Gasteiger charge is -2.09. The molecule has 616 valence electrons. The summed E-state index contributed by atoms with van der Waals surface area (Å²) in [5, 5.41) is 0. The van der Waals surface area contributed by atoms with E-state index in [9.17, 15) is 17.6 Å². The zero-order valence-corrected chi connectivity index (χ0v) is 72.8. The van der Waals surface area contributed by atoms with Crippen molar-refractivity contribution in [3.8, 4) is 89.0 Å². The average molecular weight is 1610 g/mol. The van der Waals surface area contributed by atoms with Gasteiger partial charge >= 0.3 is 0 Å². The molecule has 16 aromatic rings. The molecule has 16 aromatic carbocycles. The number of hydrogen-bond donors (Lipinski definition) is 0. The number of rotatable bonds is 24. The van der Waals surface area contributed by atoms with Crippen LogP contribution in [-0.4, -0.2) is 0 Å². The maximum absolute atomic E-state index is 14.9. The molecule has 0 aliphatic rings. The summed E-state index contributed by atoms with van der Waals surface area (Å²) in [5.41, 5.74) is 32.3. The molecular formula is C118H116F4. The molecule has 0 amide bonds. The van der Waals surface area contributed by atoms with Crippen molar-refractivity contribution in [1.82, 2.24) is 0 Å². The summed E-state index contributed by atoms with van der Waals surface area (Å²) in [7, 11) is 0. The third-order valence-electron chi connectivity index (χ3n) is 22.3. The van der Waals surface area contributed by atoms with Crippen molar-refractivity contribution in [2.45, 2.75) is 146 Å². The fraction of sp³-hybridized carbons (Fsp3) is 0.186. The third kappa shape index (κ3) is 26.4. The highest BCUT2D eigenvalue weighted by Gasteiger charge is 2.14. The monoisotopic (exact) mass is 1610 g/mol. The minimum Gasteiger partial charge on any atom is -0.206 e. The summed E-state index contributed by atoms with van der Waals surface area (Å²) in [6.45, 7) is 20.8. The highest BCUT2D eigenvalue weighted by Crippen LogP contribution is 2.34. The molecule has 0 unspecified atom stereocenters. The Bertz CT molecular complexity index is 5800.